The molecule has 2 unspecified atom stereocenters. The third-order valence-electron chi connectivity index (χ3n) is 3.53. The summed E-state index contributed by atoms with van der Waals surface area (Å²) in [4.78, 5) is 0. The van der Waals surface area contributed by atoms with Gasteiger partial charge in [0.2, 0.25) is 0 Å². The van der Waals surface area contributed by atoms with Crippen LogP contribution in [0.1, 0.15) is 30.4 Å². The minimum atomic E-state index is -0.192. The minimum absolute atomic E-state index is 0.192. The lowest BCUT2D eigenvalue weighted by Crippen LogP contribution is -2.34. The summed E-state index contributed by atoms with van der Waals surface area (Å²) in [5.41, 5.74) is 2.69. The molecule has 16 heavy (non-hydrogen) atoms. The highest BCUT2D eigenvalue weighted by molar-refractivity contribution is 5.25. The highest BCUT2D eigenvalue weighted by Crippen LogP contribution is 2.16. The van der Waals surface area contributed by atoms with Gasteiger partial charge in [-0.05, 0) is 50.3 Å². The van der Waals surface area contributed by atoms with Gasteiger partial charge in [0.1, 0.15) is 0 Å². The zero-order chi connectivity index (χ0) is 11.4. The molecule has 1 saturated heterocycles. The van der Waals surface area contributed by atoms with Gasteiger partial charge in [0.25, 0.3) is 0 Å². The van der Waals surface area contributed by atoms with Crippen molar-refractivity contribution < 1.29 is 5.11 Å². The van der Waals surface area contributed by atoms with Gasteiger partial charge in [-0.2, -0.15) is 0 Å². The van der Waals surface area contributed by atoms with Gasteiger partial charge in [0.05, 0.1) is 6.10 Å². The highest BCUT2D eigenvalue weighted by atomic mass is 16.3. The smallest absolute Gasteiger partial charge is 0.0696 e. The van der Waals surface area contributed by atoms with Gasteiger partial charge in [0.15, 0.2) is 0 Å². The van der Waals surface area contributed by atoms with Gasteiger partial charge >= 0.3 is 0 Å². The van der Waals surface area contributed by atoms with Crippen LogP contribution in [0.15, 0.2) is 24.3 Å². The number of aliphatic hydroxyl groups excluding tert-OH is 1. The first kappa shape index (κ1) is 11.6. The van der Waals surface area contributed by atoms with E-state index in [0.717, 1.165) is 25.8 Å². The van der Waals surface area contributed by atoms with E-state index in [2.05, 4.69) is 36.5 Å². The lowest BCUT2D eigenvalue weighted by Gasteiger charge is -2.18. The van der Waals surface area contributed by atoms with Crippen LogP contribution in [-0.4, -0.2) is 23.8 Å². The molecule has 0 bridgehead atoms. The van der Waals surface area contributed by atoms with Crippen molar-refractivity contribution in [1.29, 1.82) is 0 Å². The van der Waals surface area contributed by atoms with Crippen LogP contribution >= 0.6 is 0 Å². The fourth-order valence-corrected chi connectivity index (χ4v) is 2.44. The van der Waals surface area contributed by atoms with Crippen molar-refractivity contribution in [3.8, 4) is 0 Å². The minimum Gasteiger partial charge on any atom is -0.391 e. The van der Waals surface area contributed by atoms with Crippen LogP contribution in [0.2, 0.25) is 0 Å². The summed E-state index contributed by atoms with van der Waals surface area (Å²) in [6.07, 6.45) is 3.97. The third-order valence-corrected chi connectivity index (χ3v) is 3.53. The highest BCUT2D eigenvalue weighted by Gasteiger charge is 2.22. The van der Waals surface area contributed by atoms with Gasteiger partial charge in [-0.25, -0.2) is 0 Å². The Labute approximate surface area is 97.7 Å². The van der Waals surface area contributed by atoms with Gasteiger partial charge in [-0.15, -0.1) is 0 Å². The van der Waals surface area contributed by atoms with Crippen LogP contribution in [-0.2, 0) is 6.42 Å². The standard InChI is InChI=1S/C14H21NO/c1-11-5-2-3-6-12(11)8-9-14(16)13-7-4-10-15-13/h2-3,5-6,13-16H,4,7-10H2,1H3. The second kappa shape index (κ2) is 5.46. The lowest BCUT2D eigenvalue weighted by atomic mass is 9.98. The van der Waals surface area contributed by atoms with Crippen LogP contribution in [0.5, 0.6) is 0 Å². The Hall–Kier alpha value is -0.860. The molecule has 2 N–H and O–H groups in total. The van der Waals surface area contributed by atoms with Crippen molar-refractivity contribution in [2.45, 2.75) is 44.8 Å². The van der Waals surface area contributed by atoms with E-state index in [0.29, 0.717) is 6.04 Å². The van der Waals surface area contributed by atoms with Crippen molar-refractivity contribution in [2.24, 2.45) is 0 Å². The van der Waals surface area contributed by atoms with E-state index < -0.39 is 0 Å². The number of hydrogen-bond acceptors (Lipinski definition) is 2. The Morgan fingerprint density at radius 1 is 1.44 bits per heavy atom. The van der Waals surface area contributed by atoms with E-state index in [1.807, 2.05) is 0 Å². The molecular weight excluding hydrogens is 198 g/mol. The fourth-order valence-electron chi connectivity index (χ4n) is 2.44. The molecule has 1 aliphatic heterocycles. The number of rotatable bonds is 4. The molecule has 1 fully saturated rings. The number of aliphatic hydroxyl groups is 1. The van der Waals surface area contributed by atoms with Gasteiger partial charge in [-0.3, -0.25) is 0 Å². The van der Waals surface area contributed by atoms with E-state index in [4.69, 9.17) is 0 Å². The normalized spacial score (nSPS) is 22.2. The Morgan fingerprint density at radius 3 is 2.94 bits per heavy atom. The zero-order valence-corrected chi connectivity index (χ0v) is 9.95. The summed E-state index contributed by atoms with van der Waals surface area (Å²) in [7, 11) is 0. The maximum Gasteiger partial charge on any atom is 0.0696 e. The Bertz CT molecular complexity index is 331. The second-order valence-electron chi connectivity index (χ2n) is 4.74. The molecule has 1 heterocycles. The van der Waals surface area contributed by atoms with Gasteiger partial charge in [0, 0.05) is 6.04 Å². The molecule has 2 rings (SSSR count). The Morgan fingerprint density at radius 2 is 2.25 bits per heavy atom. The molecular formula is C14H21NO. The molecule has 2 heteroatoms. The number of hydrogen-bond donors (Lipinski definition) is 2. The van der Waals surface area contributed by atoms with Crippen LogP contribution < -0.4 is 5.32 Å². The SMILES string of the molecule is Cc1ccccc1CCC(O)C1CCCN1. The molecule has 1 aromatic carbocycles. The van der Waals surface area contributed by atoms with E-state index in [1.165, 1.54) is 17.5 Å². The second-order valence-corrected chi connectivity index (χ2v) is 4.74. The topological polar surface area (TPSA) is 32.3 Å². The fraction of sp³-hybridized carbons (Fsp3) is 0.571. The van der Waals surface area contributed by atoms with E-state index in [-0.39, 0.29) is 6.10 Å². The van der Waals surface area contributed by atoms with Crippen LogP contribution in [0.3, 0.4) is 0 Å². The van der Waals surface area contributed by atoms with Gasteiger partial charge in [-0.1, -0.05) is 24.3 Å². The summed E-state index contributed by atoms with van der Waals surface area (Å²) in [6, 6.07) is 8.75. The third kappa shape index (κ3) is 2.83. The molecule has 0 radical (unpaired) electrons. The average Bonchev–Trinajstić information content (AvgIpc) is 2.81. The molecule has 0 aromatic heterocycles. The number of benzene rings is 1. The summed E-state index contributed by atoms with van der Waals surface area (Å²) >= 11 is 0. The molecule has 1 aliphatic rings. The maximum absolute atomic E-state index is 10.0. The summed E-state index contributed by atoms with van der Waals surface area (Å²) in [5, 5.41) is 13.4. The first-order valence-corrected chi connectivity index (χ1v) is 6.23. The average molecular weight is 219 g/mol. The maximum atomic E-state index is 10.0. The van der Waals surface area contributed by atoms with E-state index >= 15 is 0 Å². The summed E-state index contributed by atoms with van der Waals surface area (Å²) < 4.78 is 0. The quantitative estimate of drug-likeness (QED) is 0.812. The van der Waals surface area contributed by atoms with Crippen molar-refractivity contribution in [1.82, 2.24) is 5.32 Å². The Balaban J connectivity index is 1.84. The van der Waals surface area contributed by atoms with Crippen molar-refractivity contribution in [2.75, 3.05) is 6.54 Å². The first-order chi connectivity index (χ1) is 7.77. The number of nitrogens with one attached hydrogen (secondary N) is 1. The monoisotopic (exact) mass is 219 g/mol. The van der Waals surface area contributed by atoms with Crippen molar-refractivity contribution >= 4 is 0 Å². The Kier molecular flexibility index (Phi) is 3.97. The molecule has 0 spiro atoms. The largest absolute Gasteiger partial charge is 0.391 e. The number of aryl methyl sites for hydroxylation is 2. The van der Waals surface area contributed by atoms with Crippen LogP contribution in [0.4, 0.5) is 0 Å². The summed E-state index contributed by atoms with van der Waals surface area (Å²) in [5.74, 6) is 0. The van der Waals surface area contributed by atoms with Crippen molar-refractivity contribution in [3.63, 3.8) is 0 Å². The molecule has 88 valence electrons. The summed E-state index contributed by atoms with van der Waals surface area (Å²) in [6.45, 7) is 3.20. The molecule has 0 amide bonds. The predicted octanol–water partition coefficient (Wildman–Crippen LogP) is 2.04. The molecule has 0 aliphatic carbocycles. The van der Waals surface area contributed by atoms with Gasteiger partial charge < -0.3 is 10.4 Å². The molecule has 0 saturated carbocycles. The van der Waals surface area contributed by atoms with Crippen LogP contribution in [0, 0.1) is 6.92 Å². The predicted molar refractivity (Wildman–Crippen MR) is 66.5 cm³/mol. The van der Waals surface area contributed by atoms with Crippen LogP contribution in [0.25, 0.3) is 0 Å². The van der Waals surface area contributed by atoms with E-state index in [9.17, 15) is 5.11 Å². The molecule has 2 atom stereocenters. The van der Waals surface area contributed by atoms with Crippen molar-refractivity contribution in [3.05, 3.63) is 35.4 Å². The first-order valence-electron chi connectivity index (χ1n) is 6.23. The molecule has 2 nitrogen and oxygen atoms in total. The zero-order valence-electron chi connectivity index (χ0n) is 9.95. The van der Waals surface area contributed by atoms with E-state index in [1.54, 1.807) is 0 Å². The lowest BCUT2D eigenvalue weighted by molar-refractivity contribution is 0.127. The molecule has 1 aromatic rings.